The maximum atomic E-state index is 5.21. The lowest BCUT2D eigenvalue weighted by molar-refractivity contribution is 0.390. The van der Waals surface area contributed by atoms with Crippen LogP contribution in [0.4, 0.5) is 0 Å². The molecule has 0 bridgehead atoms. The summed E-state index contributed by atoms with van der Waals surface area (Å²) >= 11 is 0. The first-order valence-corrected chi connectivity index (χ1v) is 5.19. The average molecular weight is 217 g/mol. The normalized spacial score (nSPS) is 10.4. The summed E-state index contributed by atoms with van der Waals surface area (Å²) in [5.74, 6) is 0.662. The third-order valence-corrected chi connectivity index (χ3v) is 2.47. The molecule has 0 unspecified atom stereocenters. The van der Waals surface area contributed by atoms with Crippen molar-refractivity contribution in [2.75, 3.05) is 7.11 Å². The first-order valence-electron chi connectivity index (χ1n) is 5.19. The van der Waals surface area contributed by atoms with E-state index >= 15 is 0 Å². The lowest BCUT2D eigenvalue weighted by atomic mass is 10.2. The van der Waals surface area contributed by atoms with Gasteiger partial charge in [-0.3, -0.25) is 4.68 Å². The second-order valence-corrected chi connectivity index (χ2v) is 3.76. The Hall–Kier alpha value is -1.84. The number of methoxy groups -OCH3 is 1. The van der Waals surface area contributed by atoms with Crippen LogP contribution >= 0.6 is 0 Å². The Morgan fingerprint density at radius 1 is 1.38 bits per heavy atom. The predicted octanol–water partition coefficient (Wildman–Crippen LogP) is 1.95. The fourth-order valence-corrected chi connectivity index (χ4v) is 1.72. The number of nitrogens with zero attached hydrogens (tertiary/aromatic N) is 3. The Labute approximate surface area is 94.9 Å². The zero-order valence-electron chi connectivity index (χ0n) is 9.77. The highest BCUT2D eigenvalue weighted by molar-refractivity contribution is 5.26. The second-order valence-electron chi connectivity index (χ2n) is 3.76. The van der Waals surface area contributed by atoms with Gasteiger partial charge < -0.3 is 4.74 Å². The molecule has 0 fully saturated rings. The molecule has 0 aliphatic heterocycles. The summed E-state index contributed by atoms with van der Waals surface area (Å²) in [4.78, 5) is 4.17. The van der Waals surface area contributed by atoms with E-state index in [4.69, 9.17) is 4.74 Å². The van der Waals surface area contributed by atoms with E-state index in [-0.39, 0.29) is 0 Å². The van der Waals surface area contributed by atoms with E-state index in [1.54, 1.807) is 13.3 Å². The highest BCUT2D eigenvalue weighted by atomic mass is 16.5. The Morgan fingerprint density at radius 3 is 2.81 bits per heavy atom. The van der Waals surface area contributed by atoms with Crippen molar-refractivity contribution in [2.45, 2.75) is 20.4 Å². The molecular weight excluding hydrogens is 202 g/mol. The van der Waals surface area contributed by atoms with Crippen molar-refractivity contribution < 1.29 is 4.74 Å². The van der Waals surface area contributed by atoms with Crippen LogP contribution in [0.5, 0.6) is 5.88 Å². The molecule has 0 radical (unpaired) electrons. The lowest BCUT2D eigenvalue weighted by Crippen LogP contribution is -2.06. The number of hydrogen-bond acceptors (Lipinski definition) is 3. The quantitative estimate of drug-likeness (QED) is 0.789. The van der Waals surface area contributed by atoms with Crippen LogP contribution in [-0.2, 0) is 6.54 Å². The van der Waals surface area contributed by atoms with Crippen LogP contribution in [0.25, 0.3) is 0 Å². The van der Waals surface area contributed by atoms with E-state index in [1.165, 1.54) is 0 Å². The van der Waals surface area contributed by atoms with Gasteiger partial charge in [-0.25, -0.2) is 4.98 Å². The van der Waals surface area contributed by atoms with Gasteiger partial charge >= 0.3 is 0 Å². The van der Waals surface area contributed by atoms with Gasteiger partial charge in [0.15, 0.2) is 0 Å². The van der Waals surface area contributed by atoms with Gasteiger partial charge in [-0.2, -0.15) is 5.10 Å². The number of pyridine rings is 1. The molecule has 2 heterocycles. The molecule has 0 N–H and O–H groups in total. The molecule has 0 saturated carbocycles. The molecule has 0 spiro atoms. The summed E-state index contributed by atoms with van der Waals surface area (Å²) in [7, 11) is 1.63. The van der Waals surface area contributed by atoms with Gasteiger partial charge in [-0.1, -0.05) is 6.07 Å². The molecule has 0 aliphatic rings. The molecule has 4 nitrogen and oxygen atoms in total. The third kappa shape index (κ3) is 2.05. The molecule has 0 aliphatic carbocycles. The van der Waals surface area contributed by atoms with Gasteiger partial charge in [0.25, 0.3) is 0 Å². The molecule has 0 atom stereocenters. The Bertz CT molecular complexity index is 491. The molecule has 84 valence electrons. The number of ether oxygens (including phenoxy) is 1. The number of aryl methyl sites for hydroxylation is 2. The minimum atomic E-state index is 0.662. The second kappa shape index (κ2) is 4.35. The van der Waals surface area contributed by atoms with E-state index in [0.717, 1.165) is 17.0 Å². The fraction of sp³-hybridized carbons (Fsp3) is 0.333. The first kappa shape index (κ1) is 10.7. The number of hydrogen-bond donors (Lipinski definition) is 0. The van der Waals surface area contributed by atoms with Gasteiger partial charge in [0.1, 0.15) is 0 Å². The van der Waals surface area contributed by atoms with Gasteiger partial charge in [0.05, 0.1) is 19.3 Å². The number of rotatable bonds is 3. The van der Waals surface area contributed by atoms with Crippen LogP contribution in [-0.4, -0.2) is 21.9 Å². The smallest absolute Gasteiger partial charge is 0.218 e. The zero-order valence-corrected chi connectivity index (χ0v) is 9.77. The van der Waals surface area contributed by atoms with Gasteiger partial charge in [-0.15, -0.1) is 0 Å². The minimum absolute atomic E-state index is 0.662. The molecule has 16 heavy (non-hydrogen) atoms. The summed E-state index contributed by atoms with van der Waals surface area (Å²) in [5, 5.41) is 4.41. The molecule has 0 amide bonds. The highest BCUT2D eigenvalue weighted by Gasteiger charge is 2.06. The van der Waals surface area contributed by atoms with Crippen molar-refractivity contribution in [2.24, 2.45) is 0 Å². The predicted molar refractivity (Wildman–Crippen MR) is 61.6 cm³/mol. The van der Waals surface area contributed by atoms with Crippen LogP contribution < -0.4 is 4.74 Å². The van der Waals surface area contributed by atoms with E-state index in [0.29, 0.717) is 12.4 Å². The van der Waals surface area contributed by atoms with Crippen molar-refractivity contribution in [3.8, 4) is 5.88 Å². The third-order valence-electron chi connectivity index (χ3n) is 2.47. The van der Waals surface area contributed by atoms with Crippen LogP contribution in [0.2, 0.25) is 0 Å². The van der Waals surface area contributed by atoms with Gasteiger partial charge in [-0.05, 0) is 26.0 Å². The molecule has 4 heteroatoms. The summed E-state index contributed by atoms with van der Waals surface area (Å²) in [6.45, 7) is 4.73. The van der Waals surface area contributed by atoms with E-state index < -0.39 is 0 Å². The largest absolute Gasteiger partial charge is 0.481 e. The van der Waals surface area contributed by atoms with Crippen molar-refractivity contribution >= 4 is 0 Å². The summed E-state index contributed by atoms with van der Waals surface area (Å²) < 4.78 is 7.17. The van der Waals surface area contributed by atoms with E-state index in [2.05, 4.69) is 16.1 Å². The summed E-state index contributed by atoms with van der Waals surface area (Å²) in [5.41, 5.74) is 3.21. The van der Waals surface area contributed by atoms with E-state index in [9.17, 15) is 0 Å². The monoisotopic (exact) mass is 217 g/mol. The minimum Gasteiger partial charge on any atom is -0.481 e. The van der Waals surface area contributed by atoms with Crippen LogP contribution in [0, 0.1) is 13.8 Å². The van der Waals surface area contributed by atoms with Gasteiger partial charge in [0, 0.05) is 17.5 Å². The zero-order chi connectivity index (χ0) is 11.5. The molecular formula is C12H15N3O. The van der Waals surface area contributed by atoms with Crippen molar-refractivity contribution in [1.29, 1.82) is 0 Å². The molecule has 2 aromatic rings. The van der Waals surface area contributed by atoms with Gasteiger partial charge in [0.2, 0.25) is 5.88 Å². The topological polar surface area (TPSA) is 39.9 Å². The summed E-state index contributed by atoms with van der Waals surface area (Å²) in [6.07, 6.45) is 1.73. The lowest BCUT2D eigenvalue weighted by Gasteiger charge is -2.08. The van der Waals surface area contributed by atoms with Crippen LogP contribution in [0.3, 0.4) is 0 Å². The maximum absolute atomic E-state index is 5.21. The maximum Gasteiger partial charge on any atom is 0.218 e. The Morgan fingerprint density at radius 2 is 2.19 bits per heavy atom. The van der Waals surface area contributed by atoms with Crippen LogP contribution in [0.1, 0.15) is 17.0 Å². The Kier molecular flexibility index (Phi) is 2.90. The SMILES string of the molecule is COc1ncccc1Cn1nc(C)cc1C. The number of aromatic nitrogens is 3. The standard InChI is InChI=1S/C12H15N3O/c1-9-7-10(2)15(14-9)8-11-5-4-6-13-12(11)16-3/h4-7H,8H2,1-3H3. The van der Waals surface area contributed by atoms with Crippen molar-refractivity contribution in [3.05, 3.63) is 41.3 Å². The molecule has 0 saturated heterocycles. The molecule has 2 aromatic heterocycles. The van der Waals surface area contributed by atoms with E-state index in [1.807, 2.05) is 30.7 Å². The summed E-state index contributed by atoms with van der Waals surface area (Å²) in [6, 6.07) is 5.97. The highest BCUT2D eigenvalue weighted by Crippen LogP contribution is 2.15. The molecule has 2 rings (SSSR count). The Balaban J connectivity index is 2.30. The molecule has 0 aromatic carbocycles. The fourth-order valence-electron chi connectivity index (χ4n) is 1.72. The first-order chi connectivity index (χ1) is 7.70. The average Bonchev–Trinajstić information content (AvgIpc) is 2.58. The van der Waals surface area contributed by atoms with Crippen molar-refractivity contribution in [1.82, 2.24) is 14.8 Å². The van der Waals surface area contributed by atoms with Crippen molar-refractivity contribution in [3.63, 3.8) is 0 Å². The van der Waals surface area contributed by atoms with Crippen LogP contribution in [0.15, 0.2) is 24.4 Å².